The highest BCUT2D eigenvalue weighted by molar-refractivity contribution is 5.78. The number of nitrogens with zero attached hydrogens (tertiary/aromatic N) is 2. The summed E-state index contributed by atoms with van der Waals surface area (Å²) in [5.74, 6) is -3.34. The van der Waals surface area contributed by atoms with Crippen molar-refractivity contribution in [1.82, 2.24) is 15.1 Å². The normalized spacial score (nSPS) is 18.5. The summed E-state index contributed by atoms with van der Waals surface area (Å²) in [6.07, 6.45) is 0. The van der Waals surface area contributed by atoms with E-state index in [0.717, 1.165) is 13.1 Å². The zero-order valence-corrected chi connectivity index (χ0v) is 9.96. The Hall–Kier alpha value is -0.790. The highest BCUT2D eigenvalue weighted by Gasteiger charge is 2.27. The standard InChI is InChI=1S/C10H19F2N3O2/c1-14-2-4-15(5-3-14)9(17)6-13-7-10(11,12)8-16/h13,16H,2-8H2,1H3. The second-order valence-corrected chi connectivity index (χ2v) is 4.30. The molecule has 0 radical (unpaired) electrons. The van der Waals surface area contributed by atoms with Crippen molar-refractivity contribution < 1.29 is 18.7 Å². The van der Waals surface area contributed by atoms with Gasteiger partial charge in [0.2, 0.25) is 5.91 Å². The lowest BCUT2D eigenvalue weighted by Gasteiger charge is -2.32. The van der Waals surface area contributed by atoms with Crippen LogP contribution in [0.5, 0.6) is 0 Å². The molecule has 0 aromatic carbocycles. The molecule has 1 rings (SSSR count). The van der Waals surface area contributed by atoms with Gasteiger partial charge in [0, 0.05) is 26.2 Å². The third kappa shape index (κ3) is 4.93. The minimum absolute atomic E-state index is 0.112. The Morgan fingerprint density at radius 1 is 1.35 bits per heavy atom. The Kier molecular flexibility index (Phi) is 5.23. The van der Waals surface area contributed by atoms with E-state index in [4.69, 9.17) is 5.11 Å². The summed E-state index contributed by atoms with van der Waals surface area (Å²) in [6, 6.07) is 0. The van der Waals surface area contributed by atoms with Crippen molar-refractivity contribution in [3.05, 3.63) is 0 Å². The van der Waals surface area contributed by atoms with E-state index in [-0.39, 0.29) is 12.5 Å². The molecule has 0 bridgehead atoms. The van der Waals surface area contributed by atoms with Crippen molar-refractivity contribution >= 4 is 5.91 Å². The molecule has 17 heavy (non-hydrogen) atoms. The molecule has 0 spiro atoms. The average molecular weight is 251 g/mol. The largest absolute Gasteiger partial charge is 0.390 e. The second kappa shape index (κ2) is 6.23. The Morgan fingerprint density at radius 3 is 2.47 bits per heavy atom. The molecular weight excluding hydrogens is 232 g/mol. The van der Waals surface area contributed by atoms with E-state index >= 15 is 0 Å². The van der Waals surface area contributed by atoms with Crippen LogP contribution in [0.15, 0.2) is 0 Å². The molecule has 5 nitrogen and oxygen atoms in total. The number of hydrogen-bond donors (Lipinski definition) is 2. The number of nitrogens with one attached hydrogen (secondary N) is 1. The van der Waals surface area contributed by atoms with Gasteiger partial charge < -0.3 is 20.2 Å². The van der Waals surface area contributed by atoms with E-state index in [1.54, 1.807) is 4.90 Å². The number of alkyl halides is 2. The van der Waals surface area contributed by atoms with Crippen molar-refractivity contribution in [1.29, 1.82) is 0 Å². The van der Waals surface area contributed by atoms with Crippen LogP contribution >= 0.6 is 0 Å². The van der Waals surface area contributed by atoms with Gasteiger partial charge in [0.15, 0.2) is 0 Å². The second-order valence-electron chi connectivity index (χ2n) is 4.30. The van der Waals surface area contributed by atoms with Crippen molar-refractivity contribution in [3.63, 3.8) is 0 Å². The summed E-state index contributed by atoms with van der Waals surface area (Å²) < 4.78 is 25.3. The molecule has 0 saturated carbocycles. The van der Waals surface area contributed by atoms with Crippen LogP contribution in [0.2, 0.25) is 0 Å². The number of likely N-dealkylation sites (N-methyl/N-ethyl adjacent to an activating group) is 1. The minimum Gasteiger partial charge on any atom is -0.390 e. The number of amides is 1. The highest BCUT2D eigenvalue weighted by atomic mass is 19.3. The lowest BCUT2D eigenvalue weighted by molar-refractivity contribution is -0.132. The number of carbonyl (C=O) groups is 1. The molecule has 2 N–H and O–H groups in total. The van der Waals surface area contributed by atoms with Crippen molar-refractivity contribution in [2.24, 2.45) is 0 Å². The fourth-order valence-electron chi connectivity index (χ4n) is 1.58. The molecule has 7 heteroatoms. The SMILES string of the molecule is CN1CCN(C(=O)CNCC(F)(F)CO)CC1. The zero-order chi connectivity index (χ0) is 12.9. The van der Waals surface area contributed by atoms with Gasteiger partial charge in [0.05, 0.1) is 13.1 Å². The third-order valence-electron chi connectivity index (χ3n) is 2.75. The summed E-state index contributed by atoms with van der Waals surface area (Å²) in [7, 11) is 1.97. The molecule has 0 aromatic heterocycles. The zero-order valence-electron chi connectivity index (χ0n) is 9.96. The van der Waals surface area contributed by atoms with Crippen molar-refractivity contribution in [2.75, 3.05) is 52.9 Å². The topological polar surface area (TPSA) is 55.8 Å². The lowest BCUT2D eigenvalue weighted by atomic mass is 10.3. The summed E-state index contributed by atoms with van der Waals surface area (Å²) in [6.45, 7) is 0.878. The molecule has 1 heterocycles. The van der Waals surface area contributed by atoms with Crippen LogP contribution in [0, 0.1) is 0 Å². The molecule has 0 aromatic rings. The van der Waals surface area contributed by atoms with E-state index < -0.39 is 19.1 Å². The highest BCUT2D eigenvalue weighted by Crippen LogP contribution is 2.09. The maximum Gasteiger partial charge on any atom is 0.282 e. The lowest BCUT2D eigenvalue weighted by Crippen LogP contribution is -2.50. The molecule has 1 aliphatic rings. The van der Waals surface area contributed by atoms with Crippen LogP contribution in [0.3, 0.4) is 0 Å². The fourth-order valence-corrected chi connectivity index (χ4v) is 1.58. The van der Waals surface area contributed by atoms with E-state index in [9.17, 15) is 13.6 Å². The Bertz CT molecular complexity index is 256. The first kappa shape index (κ1) is 14.3. The smallest absolute Gasteiger partial charge is 0.282 e. The first-order valence-corrected chi connectivity index (χ1v) is 5.60. The van der Waals surface area contributed by atoms with Gasteiger partial charge in [-0.2, -0.15) is 0 Å². The van der Waals surface area contributed by atoms with Crippen LogP contribution in [-0.4, -0.2) is 79.7 Å². The number of carbonyl (C=O) groups excluding carboxylic acids is 1. The van der Waals surface area contributed by atoms with Gasteiger partial charge in [0.1, 0.15) is 6.61 Å². The predicted octanol–water partition coefficient (Wildman–Crippen LogP) is -1.02. The Labute approximate surface area is 99.4 Å². The first-order valence-electron chi connectivity index (χ1n) is 5.60. The first-order chi connectivity index (χ1) is 7.94. The molecule has 0 aliphatic carbocycles. The predicted molar refractivity (Wildman–Crippen MR) is 59.0 cm³/mol. The van der Waals surface area contributed by atoms with Crippen LogP contribution in [0.4, 0.5) is 8.78 Å². The monoisotopic (exact) mass is 251 g/mol. The van der Waals surface area contributed by atoms with Crippen LogP contribution < -0.4 is 5.32 Å². The average Bonchev–Trinajstić information content (AvgIpc) is 2.29. The molecule has 0 unspecified atom stereocenters. The number of hydrogen-bond acceptors (Lipinski definition) is 4. The summed E-state index contributed by atoms with van der Waals surface area (Å²) in [5.41, 5.74) is 0. The van der Waals surface area contributed by atoms with Crippen molar-refractivity contribution in [3.8, 4) is 0 Å². The minimum atomic E-state index is -3.16. The van der Waals surface area contributed by atoms with Crippen molar-refractivity contribution in [2.45, 2.75) is 5.92 Å². The molecule has 100 valence electrons. The van der Waals surface area contributed by atoms with Gasteiger partial charge in [-0.05, 0) is 7.05 Å². The Balaban J connectivity index is 2.21. The fraction of sp³-hybridized carbons (Fsp3) is 0.900. The summed E-state index contributed by atoms with van der Waals surface area (Å²) >= 11 is 0. The number of halogens is 2. The molecular formula is C10H19F2N3O2. The molecule has 0 atom stereocenters. The maximum atomic E-state index is 12.7. The molecule has 1 amide bonds. The summed E-state index contributed by atoms with van der Waals surface area (Å²) in [5, 5.41) is 10.7. The molecule has 1 aliphatic heterocycles. The van der Waals surface area contributed by atoms with Gasteiger partial charge in [-0.25, -0.2) is 8.78 Å². The number of piperazine rings is 1. The number of rotatable bonds is 5. The van der Waals surface area contributed by atoms with Gasteiger partial charge in [-0.15, -0.1) is 0 Å². The quantitative estimate of drug-likeness (QED) is 0.656. The third-order valence-corrected chi connectivity index (χ3v) is 2.75. The summed E-state index contributed by atoms with van der Waals surface area (Å²) in [4.78, 5) is 15.4. The molecule has 1 fully saturated rings. The number of aliphatic hydroxyl groups excluding tert-OH is 1. The van der Waals surface area contributed by atoms with Gasteiger partial charge >= 0.3 is 0 Å². The maximum absolute atomic E-state index is 12.7. The number of aliphatic hydroxyl groups is 1. The Morgan fingerprint density at radius 2 is 1.94 bits per heavy atom. The van der Waals surface area contributed by atoms with E-state index in [2.05, 4.69) is 10.2 Å². The van der Waals surface area contributed by atoms with E-state index in [1.165, 1.54) is 0 Å². The van der Waals surface area contributed by atoms with Crippen LogP contribution in [-0.2, 0) is 4.79 Å². The van der Waals surface area contributed by atoms with Gasteiger partial charge in [-0.1, -0.05) is 0 Å². The van der Waals surface area contributed by atoms with Crippen LogP contribution in [0.1, 0.15) is 0 Å². The molecule has 1 saturated heterocycles. The van der Waals surface area contributed by atoms with E-state index in [0.29, 0.717) is 13.1 Å². The van der Waals surface area contributed by atoms with E-state index in [1.807, 2.05) is 7.05 Å². The van der Waals surface area contributed by atoms with Crippen LogP contribution in [0.25, 0.3) is 0 Å². The van der Waals surface area contributed by atoms with Gasteiger partial charge in [-0.3, -0.25) is 4.79 Å². The van der Waals surface area contributed by atoms with Gasteiger partial charge in [0.25, 0.3) is 5.92 Å².